The molecule has 0 atom stereocenters. The maximum atomic E-state index is 10.8. The summed E-state index contributed by atoms with van der Waals surface area (Å²) in [5, 5.41) is 0. The normalized spacial score (nSPS) is 8.56. The third-order valence-corrected chi connectivity index (χ3v) is 2.99. The Hall–Kier alpha value is -2.49. The van der Waals surface area contributed by atoms with E-state index in [2.05, 4.69) is 11.3 Å². The van der Waals surface area contributed by atoms with E-state index in [-0.39, 0.29) is 0 Å². The molecule has 0 aliphatic rings. The minimum absolute atomic E-state index is 0.406. The summed E-state index contributed by atoms with van der Waals surface area (Å²) in [5.41, 5.74) is 0. The number of terminal acetylenes is 3. The van der Waals surface area contributed by atoms with Crippen LogP contribution in [0, 0.1) is 37.6 Å². The van der Waals surface area contributed by atoms with E-state index in [0.29, 0.717) is 0 Å². The quantitative estimate of drug-likeness (QED) is 0.281. The second-order valence-corrected chi connectivity index (χ2v) is 4.42. The molecular weight excluding hydrogens is 228 g/mol. The van der Waals surface area contributed by atoms with Crippen molar-refractivity contribution in [3.05, 3.63) is 12.7 Å². The molecule has 0 aliphatic carbocycles. The van der Waals surface area contributed by atoms with E-state index in [0.717, 1.165) is 6.08 Å². The SMILES string of the molecule is C#CO[Si](COC(=O)C=C)(OC#C)OC#C. The van der Waals surface area contributed by atoms with Crippen molar-refractivity contribution in [1.29, 1.82) is 0 Å². The van der Waals surface area contributed by atoms with Crippen molar-refractivity contribution in [3.63, 3.8) is 0 Å². The van der Waals surface area contributed by atoms with Gasteiger partial charge >= 0.3 is 14.8 Å². The fourth-order valence-electron chi connectivity index (χ4n) is 0.639. The second kappa shape index (κ2) is 6.89. The predicted octanol–water partition coefficient (Wildman–Crippen LogP) is 0.0156. The largest absolute Gasteiger partial charge is 0.765 e. The molecule has 0 rings (SSSR count). The Labute approximate surface area is 94.7 Å². The van der Waals surface area contributed by atoms with Crippen molar-refractivity contribution in [1.82, 2.24) is 0 Å². The average Bonchev–Trinajstić information content (AvgIpc) is 2.27. The van der Waals surface area contributed by atoms with Gasteiger partial charge in [0.25, 0.3) is 0 Å². The molecule has 82 valence electrons. The summed E-state index contributed by atoms with van der Waals surface area (Å²) >= 11 is 0. The fourth-order valence-corrected chi connectivity index (χ4v) is 1.80. The van der Waals surface area contributed by atoms with Crippen LogP contribution in [0.15, 0.2) is 12.7 Å². The maximum Gasteiger partial charge on any atom is 0.765 e. The third kappa shape index (κ3) is 4.14. The van der Waals surface area contributed by atoms with Gasteiger partial charge in [-0.3, -0.25) is 0 Å². The lowest BCUT2D eigenvalue weighted by molar-refractivity contribution is -0.137. The zero-order chi connectivity index (χ0) is 12.4. The van der Waals surface area contributed by atoms with Crippen molar-refractivity contribution >= 4 is 14.8 Å². The van der Waals surface area contributed by atoms with Gasteiger partial charge in [0.2, 0.25) is 0 Å². The van der Waals surface area contributed by atoms with Crippen molar-refractivity contribution < 1.29 is 22.8 Å². The molecule has 0 aliphatic heterocycles. The number of hydrogen-bond donors (Lipinski definition) is 0. The minimum atomic E-state index is -3.57. The molecule has 16 heavy (non-hydrogen) atoms. The molecule has 6 heteroatoms. The van der Waals surface area contributed by atoms with Gasteiger partial charge in [0, 0.05) is 6.08 Å². The highest BCUT2D eigenvalue weighted by atomic mass is 28.4. The van der Waals surface area contributed by atoms with E-state index >= 15 is 0 Å². The van der Waals surface area contributed by atoms with Crippen LogP contribution in [0.2, 0.25) is 0 Å². The van der Waals surface area contributed by atoms with E-state index in [9.17, 15) is 4.79 Å². The average molecular weight is 236 g/mol. The Morgan fingerprint density at radius 1 is 1.19 bits per heavy atom. The Bertz CT molecular complexity index is 341. The molecule has 5 nitrogen and oxygen atoms in total. The zero-order valence-electron chi connectivity index (χ0n) is 8.26. The van der Waals surface area contributed by atoms with Gasteiger partial charge in [0.05, 0.1) is 18.3 Å². The summed E-state index contributed by atoms with van der Waals surface area (Å²) in [4.78, 5) is 10.8. The molecule has 0 aromatic rings. The fraction of sp³-hybridized carbons (Fsp3) is 0.100. The van der Waals surface area contributed by atoms with Crippen LogP contribution < -0.4 is 0 Å². The molecule has 0 unspecified atom stereocenters. The van der Waals surface area contributed by atoms with E-state index < -0.39 is 21.0 Å². The van der Waals surface area contributed by atoms with E-state index in [1.54, 1.807) is 0 Å². The first kappa shape index (κ1) is 13.5. The highest BCUT2D eigenvalue weighted by molar-refractivity contribution is 6.61. The number of carbonyl (C=O) groups excluding carboxylic acids is 1. The van der Waals surface area contributed by atoms with Gasteiger partial charge in [0.15, 0.2) is 6.23 Å². The summed E-state index contributed by atoms with van der Waals surface area (Å²) in [6, 6.07) is 0. The van der Waals surface area contributed by atoms with Gasteiger partial charge in [-0.15, -0.1) is 0 Å². The van der Waals surface area contributed by atoms with Crippen LogP contribution in [0.3, 0.4) is 0 Å². The molecule has 0 fully saturated rings. The molecule has 0 saturated carbocycles. The summed E-state index contributed by atoms with van der Waals surface area (Å²) in [6.45, 7) is 3.20. The number of esters is 1. The van der Waals surface area contributed by atoms with E-state index in [1.165, 1.54) is 0 Å². The van der Waals surface area contributed by atoms with Gasteiger partial charge in [-0.1, -0.05) is 25.8 Å². The smallest absolute Gasteiger partial charge is 0.454 e. The van der Waals surface area contributed by atoms with Crippen molar-refractivity contribution in [2.45, 2.75) is 0 Å². The monoisotopic (exact) mass is 236 g/mol. The first-order valence-corrected chi connectivity index (χ1v) is 5.77. The molecule has 0 aromatic heterocycles. The highest BCUT2D eigenvalue weighted by Gasteiger charge is 2.51. The lowest BCUT2D eigenvalue weighted by Gasteiger charge is -2.19. The third-order valence-electron chi connectivity index (χ3n) is 1.20. The molecule has 0 aromatic carbocycles. The van der Waals surface area contributed by atoms with Crippen LogP contribution in [0.4, 0.5) is 0 Å². The van der Waals surface area contributed by atoms with Crippen molar-refractivity contribution in [2.75, 3.05) is 6.23 Å². The van der Waals surface area contributed by atoms with Gasteiger partial charge in [-0.25, -0.2) is 4.79 Å². The molecule has 0 amide bonds. The van der Waals surface area contributed by atoms with Crippen LogP contribution in [0.25, 0.3) is 0 Å². The van der Waals surface area contributed by atoms with Gasteiger partial charge in [-0.2, -0.15) is 0 Å². The Balaban J connectivity index is 4.69. The predicted molar refractivity (Wildman–Crippen MR) is 56.7 cm³/mol. The number of hydrogen-bond acceptors (Lipinski definition) is 5. The van der Waals surface area contributed by atoms with Gasteiger partial charge < -0.3 is 18.0 Å². The summed E-state index contributed by atoms with van der Waals surface area (Å²) < 4.78 is 18.9. The topological polar surface area (TPSA) is 54.0 Å². The maximum absolute atomic E-state index is 10.8. The first-order valence-electron chi connectivity index (χ1n) is 3.84. The van der Waals surface area contributed by atoms with E-state index in [1.807, 2.05) is 18.3 Å². The van der Waals surface area contributed by atoms with Crippen LogP contribution in [0.5, 0.6) is 0 Å². The van der Waals surface area contributed by atoms with E-state index in [4.69, 9.17) is 32.5 Å². The highest BCUT2D eigenvalue weighted by Crippen LogP contribution is 2.09. The summed E-state index contributed by atoms with van der Waals surface area (Å²) in [7, 11) is -3.57. The second-order valence-electron chi connectivity index (χ2n) is 2.15. The molecular formula is C10H8O5Si. The molecule has 0 heterocycles. The van der Waals surface area contributed by atoms with Crippen LogP contribution in [0.1, 0.15) is 0 Å². The number of carbonyl (C=O) groups is 1. The lowest BCUT2D eigenvalue weighted by Crippen LogP contribution is -2.48. The molecule has 0 spiro atoms. The molecule has 0 bridgehead atoms. The standard InChI is InChI=1S/C10H8O5Si/c1-5-10(11)12-9-16(13-6-2,14-7-3)15-8-4/h2-5H,1,9H2. The molecule has 0 saturated heterocycles. The Morgan fingerprint density at radius 2 is 1.62 bits per heavy atom. The van der Waals surface area contributed by atoms with Crippen molar-refractivity contribution in [2.24, 2.45) is 0 Å². The minimum Gasteiger partial charge on any atom is -0.454 e. The Morgan fingerprint density at radius 3 is 1.94 bits per heavy atom. The van der Waals surface area contributed by atoms with Crippen molar-refractivity contribution in [3.8, 4) is 37.6 Å². The summed E-state index contributed by atoms with van der Waals surface area (Å²) in [6.07, 6.45) is 20.8. The van der Waals surface area contributed by atoms with Crippen LogP contribution >= 0.6 is 0 Å². The zero-order valence-corrected chi connectivity index (χ0v) is 9.26. The first-order chi connectivity index (χ1) is 7.64. The molecule has 0 radical (unpaired) electrons. The number of rotatable bonds is 6. The van der Waals surface area contributed by atoms with Crippen LogP contribution in [-0.4, -0.2) is 21.0 Å². The summed E-state index contributed by atoms with van der Waals surface area (Å²) in [5.74, 6) is -0.710. The van der Waals surface area contributed by atoms with Gasteiger partial charge in [-0.05, 0) is 0 Å². The molecule has 0 N–H and O–H groups in total. The van der Waals surface area contributed by atoms with Gasteiger partial charge in [0.1, 0.15) is 0 Å². The van der Waals surface area contributed by atoms with Crippen LogP contribution in [-0.2, 0) is 22.8 Å². The number of ether oxygens (including phenoxy) is 1. The Kier molecular flexibility index (Phi) is 5.81. The lowest BCUT2D eigenvalue weighted by atomic mass is 10.7.